The van der Waals surface area contributed by atoms with Crippen LogP contribution in [0.3, 0.4) is 0 Å². The molecule has 0 aliphatic carbocycles. The predicted octanol–water partition coefficient (Wildman–Crippen LogP) is 3.26. The van der Waals surface area contributed by atoms with Gasteiger partial charge in [0.1, 0.15) is 0 Å². The van der Waals surface area contributed by atoms with Crippen LogP contribution in [0.15, 0.2) is 0 Å². The quantitative estimate of drug-likeness (QED) is 0.489. The standard InChI is InChI=1S/C10H19P/c1-7-3-4-9-6-8(2)10(5-7)11-9/h7-11H,3-6H2,1-2H3. The maximum Gasteiger partial charge on any atom is -0.0206 e. The molecule has 0 aromatic carbocycles. The summed E-state index contributed by atoms with van der Waals surface area (Å²) in [5.41, 5.74) is 2.26. The number of rotatable bonds is 0. The maximum absolute atomic E-state index is 2.47. The van der Waals surface area contributed by atoms with Gasteiger partial charge in [0.15, 0.2) is 0 Å². The monoisotopic (exact) mass is 170 g/mol. The molecule has 1 heteroatoms. The van der Waals surface area contributed by atoms with Gasteiger partial charge in [-0.1, -0.05) is 20.3 Å². The predicted molar refractivity (Wildman–Crippen MR) is 52.7 cm³/mol. The van der Waals surface area contributed by atoms with Crippen LogP contribution in [0.1, 0.15) is 39.5 Å². The Bertz CT molecular complexity index is 144. The second kappa shape index (κ2) is 3.05. The molecular formula is C10H19P. The highest BCUT2D eigenvalue weighted by Gasteiger charge is 2.34. The summed E-state index contributed by atoms with van der Waals surface area (Å²) in [6.45, 7) is 4.91. The molecule has 0 aromatic rings. The Kier molecular flexibility index (Phi) is 2.23. The van der Waals surface area contributed by atoms with E-state index in [0.29, 0.717) is 0 Å². The van der Waals surface area contributed by atoms with E-state index in [1.165, 1.54) is 21.4 Å². The third-order valence-corrected chi connectivity index (χ3v) is 5.69. The van der Waals surface area contributed by atoms with Crippen molar-refractivity contribution in [2.75, 3.05) is 0 Å². The molecule has 0 N–H and O–H groups in total. The first-order valence-electron chi connectivity index (χ1n) is 5.01. The summed E-state index contributed by atoms with van der Waals surface area (Å²) in [5, 5.41) is 0. The van der Waals surface area contributed by atoms with E-state index in [2.05, 4.69) is 13.8 Å². The lowest BCUT2D eigenvalue weighted by Crippen LogP contribution is -2.13. The van der Waals surface area contributed by atoms with Crippen molar-refractivity contribution < 1.29 is 0 Å². The average molecular weight is 170 g/mol. The Morgan fingerprint density at radius 1 is 1.09 bits per heavy atom. The molecule has 5 unspecified atom stereocenters. The summed E-state index contributed by atoms with van der Waals surface area (Å²) in [6, 6.07) is 0. The summed E-state index contributed by atoms with van der Waals surface area (Å²) >= 11 is 0. The van der Waals surface area contributed by atoms with Crippen LogP contribution in [0.25, 0.3) is 0 Å². The molecule has 2 bridgehead atoms. The first-order valence-corrected chi connectivity index (χ1v) is 6.17. The van der Waals surface area contributed by atoms with Gasteiger partial charge in [0, 0.05) is 0 Å². The van der Waals surface area contributed by atoms with Crippen molar-refractivity contribution in [2.24, 2.45) is 11.8 Å². The third kappa shape index (κ3) is 1.61. The molecule has 2 rings (SSSR count). The smallest absolute Gasteiger partial charge is 0.0206 e. The van der Waals surface area contributed by atoms with Crippen molar-refractivity contribution in [1.82, 2.24) is 0 Å². The normalized spacial score (nSPS) is 52.9. The Hall–Kier alpha value is 0.430. The summed E-state index contributed by atoms with van der Waals surface area (Å²) in [7, 11) is 1.32. The third-order valence-electron chi connectivity index (χ3n) is 3.46. The van der Waals surface area contributed by atoms with E-state index >= 15 is 0 Å². The van der Waals surface area contributed by atoms with Gasteiger partial charge in [0.05, 0.1) is 0 Å². The lowest BCUT2D eigenvalue weighted by Gasteiger charge is -2.19. The number of hydrogen-bond donors (Lipinski definition) is 0. The average Bonchev–Trinajstić information content (AvgIpc) is 2.15. The highest BCUT2D eigenvalue weighted by Crippen LogP contribution is 2.51. The van der Waals surface area contributed by atoms with Crippen LogP contribution in [0.5, 0.6) is 0 Å². The fourth-order valence-corrected chi connectivity index (χ4v) is 5.14. The fourth-order valence-electron chi connectivity index (χ4n) is 2.69. The lowest BCUT2D eigenvalue weighted by atomic mass is 9.87. The van der Waals surface area contributed by atoms with Crippen LogP contribution < -0.4 is 0 Å². The second-order valence-electron chi connectivity index (χ2n) is 4.60. The van der Waals surface area contributed by atoms with E-state index < -0.39 is 0 Å². The maximum atomic E-state index is 2.47. The van der Waals surface area contributed by atoms with Gasteiger partial charge in [-0.05, 0) is 42.4 Å². The van der Waals surface area contributed by atoms with Crippen LogP contribution in [-0.4, -0.2) is 11.3 Å². The molecule has 11 heavy (non-hydrogen) atoms. The first kappa shape index (κ1) is 8.05. The lowest BCUT2D eigenvalue weighted by molar-refractivity contribution is 0.382. The Labute approximate surface area is 71.9 Å². The SMILES string of the molecule is CC1CCC2CC(C)C(C1)P2. The van der Waals surface area contributed by atoms with Crippen LogP contribution in [0.4, 0.5) is 0 Å². The molecule has 2 heterocycles. The van der Waals surface area contributed by atoms with Crippen LogP contribution in [-0.2, 0) is 0 Å². The molecule has 64 valence electrons. The molecule has 2 saturated heterocycles. The highest BCUT2D eigenvalue weighted by molar-refractivity contribution is 7.40. The van der Waals surface area contributed by atoms with Crippen LogP contribution in [0.2, 0.25) is 0 Å². The van der Waals surface area contributed by atoms with Crippen molar-refractivity contribution in [3.05, 3.63) is 0 Å². The van der Waals surface area contributed by atoms with Crippen molar-refractivity contribution in [3.63, 3.8) is 0 Å². The van der Waals surface area contributed by atoms with Crippen molar-refractivity contribution >= 4 is 8.58 Å². The van der Waals surface area contributed by atoms with Gasteiger partial charge in [-0.15, -0.1) is 8.58 Å². The molecule has 2 aliphatic rings. The molecule has 0 spiro atoms. The van der Waals surface area contributed by atoms with Crippen LogP contribution in [0, 0.1) is 11.8 Å². The summed E-state index contributed by atoms with van der Waals surface area (Å²) in [5.74, 6) is 2.08. The van der Waals surface area contributed by atoms with Gasteiger partial charge in [-0.25, -0.2) is 0 Å². The minimum Gasteiger partial charge on any atom is -0.115 e. The molecule has 0 radical (unpaired) electrons. The van der Waals surface area contributed by atoms with E-state index in [1.54, 1.807) is 12.8 Å². The van der Waals surface area contributed by atoms with Crippen molar-refractivity contribution in [1.29, 1.82) is 0 Å². The molecule has 2 aliphatic heterocycles. The minimum atomic E-state index is 1.03. The first-order chi connectivity index (χ1) is 5.25. The molecular weight excluding hydrogens is 151 g/mol. The van der Waals surface area contributed by atoms with Crippen LogP contribution >= 0.6 is 8.58 Å². The minimum absolute atomic E-state index is 1.03. The van der Waals surface area contributed by atoms with E-state index in [-0.39, 0.29) is 0 Å². The molecule has 0 amide bonds. The highest BCUT2D eigenvalue weighted by atomic mass is 31.1. The second-order valence-corrected chi connectivity index (χ2v) is 6.49. The van der Waals surface area contributed by atoms with Gasteiger partial charge < -0.3 is 0 Å². The van der Waals surface area contributed by atoms with Gasteiger partial charge in [-0.2, -0.15) is 0 Å². The topological polar surface area (TPSA) is 0 Å². The van der Waals surface area contributed by atoms with E-state index in [1.807, 2.05) is 0 Å². The van der Waals surface area contributed by atoms with Gasteiger partial charge in [0.2, 0.25) is 0 Å². The molecule has 0 aromatic heterocycles. The molecule has 0 nitrogen and oxygen atoms in total. The molecule has 0 saturated carbocycles. The number of fused-ring (bicyclic) bond motifs is 2. The summed E-state index contributed by atoms with van der Waals surface area (Å²) in [4.78, 5) is 0. The number of hydrogen-bond acceptors (Lipinski definition) is 0. The van der Waals surface area contributed by atoms with E-state index in [0.717, 1.165) is 23.2 Å². The zero-order valence-corrected chi connectivity index (χ0v) is 8.64. The largest absolute Gasteiger partial charge is 0.115 e. The molecule has 5 atom stereocenters. The Morgan fingerprint density at radius 3 is 2.73 bits per heavy atom. The van der Waals surface area contributed by atoms with Gasteiger partial charge >= 0.3 is 0 Å². The van der Waals surface area contributed by atoms with E-state index in [9.17, 15) is 0 Å². The van der Waals surface area contributed by atoms with Gasteiger partial charge in [-0.3, -0.25) is 0 Å². The van der Waals surface area contributed by atoms with E-state index in [4.69, 9.17) is 0 Å². The Morgan fingerprint density at radius 2 is 1.91 bits per heavy atom. The summed E-state index contributed by atoms with van der Waals surface area (Å²) in [6.07, 6.45) is 6.15. The Balaban J connectivity index is 2.04. The zero-order chi connectivity index (χ0) is 7.84. The van der Waals surface area contributed by atoms with Crippen molar-refractivity contribution in [3.8, 4) is 0 Å². The summed E-state index contributed by atoms with van der Waals surface area (Å²) < 4.78 is 0. The van der Waals surface area contributed by atoms with Crippen molar-refractivity contribution in [2.45, 2.75) is 50.8 Å². The zero-order valence-electron chi connectivity index (χ0n) is 7.64. The van der Waals surface area contributed by atoms with Gasteiger partial charge in [0.25, 0.3) is 0 Å². The molecule has 2 fully saturated rings. The fraction of sp³-hybridized carbons (Fsp3) is 1.00.